The number of nitrogens with zero attached hydrogens (tertiary/aromatic N) is 12. The average Bonchev–Trinajstić information content (AvgIpc) is 4.15. The molecule has 0 amide bonds. The van der Waals surface area contributed by atoms with Crippen LogP contribution in [-0.4, -0.2) is 72.8 Å². The van der Waals surface area contributed by atoms with Crippen molar-refractivity contribution in [1.29, 1.82) is 0 Å². The Kier molecular flexibility index (Phi) is 12.0. The number of fused-ring (bicyclic) bond motifs is 2. The van der Waals surface area contributed by atoms with Gasteiger partial charge in [-0.25, -0.2) is 48.0 Å². The highest BCUT2D eigenvalue weighted by molar-refractivity contribution is 5.57. The van der Waals surface area contributed by atoms with E-state index in [9.17, 15) is 35.1 Å². The second-order valence-corrected chi connectivity index (χ2v) is 16.2. The maximum atomic E-state index is 14.7. The normalized spacial score (nSPS) is 15.9. The van der Waals surface area contributed by atoms with Crippen molar-refractivity contribution in [3.05, 3.63) is 143 Å². The molecule has 0 saturated heterocycles. The van der Waals surface area contributed by atoms with Crippen molar-refractivity contribution in [2.24, 2.45) is 0 Å². The molecule has 10 rings (SSSR count). The Morgan fingerprint density at radius 1 is 0.559 bits per heavy atom. The van der Waals surface area contributed by atoms with E-state index in [0.29, 0.717) is 109 Å². The Bertz CT molecular complexity index is 2930. The number of hydrogen-bond donors (Lipinski definition) is 0. The van der Waals surface area contributed by atoms with E-state index in [0.717, 1.165) is 23.5 Å². The van der Waals surface area contributed by atoms with E-state index >= 15 is 0 Å². The van der Waals surface area contributed by atoms with Crippen molar-refractivity contribution in [1.82, 2.24) is 58.6 Å². The molecule has 68 heavy (non-hydrogen) atoms. The molecular weight excluding hydrogens is 905 g/mol. The quantitative estimate of drug-likeness (QED) is 0.135. The maximum absolute atomic E-state index is 14.7. The van der Waals surface area contributed by atoms with Crippen LogP contribution in [0.5, 0.6) is 11.8 Å². The largest absolute Gasteiger partial charge is 0.479 e. The summed E-state index contributed by atoms with van der Waals surface area (Å²) in [6, 6.07) is 12.4. The number of aryl methyl sites for hydroxylation is 4. The van der Waals surface area contributed by atoms with Crippen LogP contribution < -0.4 is 9.47 Å². The summed E-state index contributed by atoms with van der Waals surface area (Å²) in [6.07, 6.45) is 0.277. The SMILES string of the molecule is COc1nc(-c2nc3n(n2)CCC[C@@H]3c2ccc(C(F)(F)F)cc2F)ccc1-n1cnc(C)c1.COc1nc(-c2nc3n(n2)CCC[C@H]3c2ccc(C(F)(F)F)cc2F)ccc1-n1cnc(C)c1. The molecule has 0 unspecified atom stereocenters. The van der Waals surface area contributed by atoms with Crippen molar-refractivity contribution in [2.75, 3.05) is 14.2 Å². The molecule has 0 aliphatic carbocycles. The van der Waals surface area contributed by atoms with Crippen LogP contribution in [0.15, 0.2) is 85.7 Å². The lowest BCUT2D eigenvalue weighted by Crippen LogP contribution is -2.19. The van der Waals surface area contributed by atoms with Crippen LogP contribution in [0.25, 0.3) is 34.4 Å². The van der Waals surface area contributed by atoms with E-state index in [-0.39, 0.29) is 11.1 Å². The number of ether oxygens (including phenoxy) is 2. The number of imidazole rings is 2. The number of halogens is 8. The molecule has 22 heteroatoms. The van der Waals surface area contributed by atoms with Crippen LogP contribution in [0.1, 0.15) is 82.8 Å². The second-order valence-electron chi connectivity index (χ2n) is 16.2. The van der Waals surface area contributed by atoms with Crippen LogP contribution in [-0.2, 0) is 25.4 Å². The highest BCUT2D eigenvalue weighted by Crippen LogP contribution is 2.40. The summed E-state index contributed by atoms with van der Waals surface area (Å²) < 4.78 is 125. The third-order valence-corrected chi connectivity index (χ3v) is 11.7. The smallest absolute Gasteiger partial charge is 0.416 e. The number of alkyl halides is 6. The van der Waals surface area contributed by atoms with Crippen LogP contribution in [0.3, 0.4) is 0 Å². The minimum absolute atomic E-state index is 0.171. The van der Waals surface area contributed by atoms with Gasteiger partial charge in [0.05, 0.1) is 49.4 Å². The molecule has 2 aliphatic rings. The first-order chi connectivity index (χ1) is 32.5. The Balaban J connectivity index is 0.000000170. The second kappa shape index (κ2) is 17.9. The molecule has 0 spiro atoms. The lowest BCUT2D eigenvalue weighted by Gasteiger charge is -2.23. The highest BCUT2D eigenvalue weighted by atomic mass is 19.4. The minimum Gasteiger partial charge on any atom is -0.479 e. The standard InChI is InChI=1S/2C23H20F4N6O/c2*1-13-11-32(12-28-13)19-8-7-18(29-22(19)34-2)20-30-21-16(4-3-9-33(21)31-20)15-6-5-14(10-17(15)24)23(25,26)27/h2*5-8,10-12,16H,3-4,9H2,1-2H3/t2*16-/m10/s1. The molecule has 14 nitrogen and oxygen atoms in total. The molecule has 2 aliphatic heterocycles. The molecule has 0 radical (unpaired) electrons. The summed E-state index contributed by atoms with van der Waals surface area (Å²) in [7, 11) is 3.02. The van der Waals surface area contributed by atoms with Crippen molar-refractivity contribution < 1.29 is 44.6 Å². The van der Waals surface area contributed by atoms with Crippen LogP contribution in [0.2, 0.25) is 0 Å². The first kappa shape index (κ1) is 45.6. The van der Waals surface area contributed by atoms with Gasteiger partial charge in [0, 0.05) is 37.3 Å². The van der Waals surface area contributed by atoms with Gasteiger partial charge in [0.2, 0.25) is 11.8 Å². The molecule has 2 atom stereocenters. The van der Waals surface area contributed by atoms with Gasteiger partial charge in [-0.3, -0.25) is 0 Å². The van der Waals surface area contributed by atoms with Gasteiger partial charge in [-0.15, -0.1) is 10.2 Å². The minimum atomic E-state index is -4.61. The maximum Gasteiger partial charge on any atom is 0.416 e. The van der Waals surface area contributed by atoms with Gasteiger partial charge in [-0.1, -0.05) is 12.1 Å². The predicted octanol–water partition coefficient (Wildman–Crippen LogP) is 9.85. The average molecular weight is 945 g/mol. The number of hydrogen-bond acceptors (Lipinski definition) is 10. The van der Waals surface area contributed by atoms with Gasteiger partial charge in [0.1, 0.15) is 46.0 Å². The fourth-order valence-corrected chi connectivity index (χ4v) is 8.39. The summed E-state index contributed by atoms with van der Waals surface area (Å²) in [5.74, 6) is -0.456. The van der Waals surface area contributed by atoms with E-state index in [1.54, 1.807) is 43.3 Å². The van der Waals surface area contributed by atoms with E-state index in [1.807, 2.05) is 38.4 Å². The van der Waals surface area contributed by atoms with Gasteiger partial charge < -0.3 is 18.6 Å². The van der Waals surface area contributed by atoms with Crippen LogP contribution >= 0.6 is 0 Å². The Morgan fingerprint density at radius 2 is 0.971 bits per heavy atom. The highest BCUT2D eigenvalue weighted by Gasteiger charge is 2.36. The number of methoxy groups -OCH3 is 2. The number of pyridine rings is 2. The molecular formula is C46H40F8N12O2. The molecule has 0 bridgehead atoms. The molecule has 0 saturated carbocycles. The molecule has 2 aromatic carbocycles. The molecule has 8 heterocycles. The monoisotopic (exact) mass is 944 g/mol. The van der Waals surface area contributed by atoms with Gasteiger partial charge in [-0.2, -0.15) is 26.3 Å². The summed E-state index contributed by atoms with van der Waals surface area (Å²) >= 11 is 0. The van der Waals surface area contributed by atoms with Crippen molar-refractivity contribution in [3.8, 4) is 46.2 Å². The van der Waals surface area contributed by atoms with E-state index < -0.39 is 46.9 Å². The van der Waals surface area contributed by atoms with Gasteiger partial charge in [-0.05, 0) is 99.2 Å². The molecule has 6 aromatic heterocycles. The van der Waals surface area contributed by atoms with Gasteiger partial charge >= 0.3 is 12.4 Å². The fourth-order valence-electron chi connectivity index (χ4n) is 8.39. The van der Waals surface area contributed by atoms with Crippen molar-refractivity contribution in [2.45, 2.75) is 76.8 Å². The van der Waals surface area contributed by atoms with E-state index in [1.165, 1.54) is 26.4 Å². The zero-order valence-electron chi connectivity index (χ0n) is 36.7. The number of benzene rings is 2. The molecule has 0 N–H and O–H groups in total. The summed E-state index contributed by atoms with van der Waals surface area (Å²) in [5, 5.41) is 9.06. The summed E-state index contributed by atoms with van der Waals surface area (Å²) in [4.78, 5) is 26.7. The van der Waals surface area contributed by atoms with Crippen molar-refractivity contribution >= 4 is 0 Å². The van der Waals surface area contributed by atoms with E-state index in [2.05, 4.69) is 40.1 Å². The Morgan fingerprint density at radius 3 is 1.31 bits per heavy atom. The number of aromatic nitrogens is 12. The van der Waals surface area contributed by atoms with Crippen LogP contribution in [0, 0.1) is 25.5 Å². The first-order valence-corrected chi connectivity index (χ1v) is 21.2. The lowest BCUT2D eigenvalue weighted by molar-refractivity contribution is -0.138. The van der Waals surface area contributed by atoms with Crippen LogP contribution in [0.4, 0.5) is 35.1 Å². The Labute approximate surface area is 382 Å². The van der Waals surface area contributed by atoms with Gasteiger partial charge in [0.15, 0.2) is 11.6 Å². The first-order valence-electron chi connectivity index (χ1n) is 21.2. The third-order valence-electron chi connectivity index (χ3n) is 11.7. The zero-order valence-corrected chi connectivity index (χ0v) is 36.7. The lowest BCUT2D eigenvalue weighted by atomic mass is 9.90. The molecule has 352 valence electrons. The summed E-state index contributed by atoms with van der Waals surface area (Å²) in [6.45, 7) is 4.90. The molecule has 8 aromatic rings. The number of rotatable bonds is 8. The predicted molar refractivity (Wildman–Crippen MR) is 228 cm³/mol. The fraction of sp³-hybridized carbons (Fsp3) is 0.304. The topological polar surface area (TPSA) is 141 Å². The third kappa shape index (κ3) is 9.01. The molecule has 0 fully saturated rings. The van der Waals surface area contributed by atoms with Gasteiger partial charge in [0.25, 0.3) is 0 Å². The zero-order chi connectivity index (χ0) is 48.1. The summed E-state index contributed by atoms with van der Waals surface area (Å²) in [5.41, 5.74) is 2.31. The van der Waals surface area contributed by atoms with E-state index in [4.69, 9.17) is 9.47 Å². The van der Waals surface area contributed by atoms with Crippen molar-refractivity contribution in [3.63, 3.8) is 0 Å². The Hall–Kier alpha value is -7.52.